The van der Waals surface area contributed by atoms with Gasteiger partial charge in [0, 0.05) is 15.3 Å². The number of anilines is 3. The van der Waals surface area contributed by atoms with E-state index in [-0.39, 0.29) is 11.6 Å². The van der Waals surface area contributed by atoms with Crippen molar-refractivity contribution >= 4 is 39.9 Å². The molecule has 0 atom stereocenters. The molecule has 2 aromatic rings. The Kier molecular flexibility index (Phi) is 4.28. The fraction of sp³-hybridized carbons (Fsp3) is 0.0909. The van der Waals surface area contributed by atoms with E-state index in [1.807, 2.05) is 12.1 Å². The molecule has 1 heterocycles. The first-order valence-corrected chi connectivity index (χ1v) is 6.42. The molecule has 1 aromatic heterocycles. The van der Waals surface area contributed by atoms with E-state index in [1.165, 1.54) is 6.07 Å². The molecule has 20 heavy (non-hydrogen) atoms. The van der Waals surface area contributed by atoms with Crippen molar-refractivity contribution in [1.82, 2.24) is 9.97 Å². The van der Waals surface area contributed by atoms with Gasteiger partial charge in [0.15, 0.2) is 0 Å². The summed E-state index contributed by atoms with van der Waals surface area (Å²) in [7, 11) is 0. The highest BCUT2D eigenvalue weighted by Crippen LogP contribution is 2.29. The summed E-state index contributed by atoms with van der Waals surface area (Å²) >= 11 is 2.13. The van der Waals surface area contributed by atoms with Gasteiger partial charge in [0.1, 0.15) is 11.6 Å². The molecule has 0 aliphatic carbocycles. The third-order valence-corrected chi connectivity index (χ3v) is 2.96. The number of nitrogen functional groups attached to an aromatic ring is 1. The normalized spacial score (nSPS) is 11.2. The molecule has 0 aliphatic heterocycles. The number of alkyl halides is 3. The molecule has 0 fully saturated rings. The second-order valence-electron chi connectivity index (χ2n) is 3.74. The van der Waals surface area contributed by atoms with Gasteiger partial charge in [-0.15, -0.1) is 0 Å². The second-order valence-corrected chi connectivity index (χ2v) is 4.98. The monoisotopic (exact) mass is 395 g/mol. The number of hydrogen-bond acceptors (Lipinski definition) is 5. The average Bonchev–Trinajstić information content (AvgIpc) is 2.40. The smallest absolute Gasteiger partial charge is 0.340 e. The predicted molar refractivity (Wildman–Crippen MR) is 77.3 cm³/mol. The van der Waals surface area contributed by atoms with Crippen molar-refractivity contribution < 1.29 is 13.2 Å². The molecular formula is C11H9F3IN5. The van der Waals surface area contributed by atoms with E-state index in [9.17, 15) is 13.2 Å². The first-order chi connectivity index (χ1) is 9.38. The fourth-order valence-electron chi connectivity index (χ4n) is 1.39. The Bertz CT molecular complexity index is 600. The van der Waals surface area contributed by atoms with Crippen LogP contribution >= 0.6 is 22.6 Å². The third-order valence-electron chi connectivity index (χ3n) is 2.24. The van der Waals surface area contributed by atoms with Crippen LogP contribution in [0.5, 0.6) is 0 Å². The Morgan fingerprint density at radius 2 is 1.65 bits per heavy atom. The standard InChI is InChI=1S/C11H9F3IN5/c12-11(13,14)10-18-8(5-9(19-10)20-16)17-7-3-1-6(15)2-4-7/h1-5H,16H2,(H2,17,18,19,20). The first-order valence-electron chi connectivity index (χ1n) is 5.34. The summed E-state index contributed by atoms with van der Waals surface area (Å²) in [5, 5.41) is 2.77. The number of nitrogens with two attached hydrogens (primary N) is 1. The molecule has 5 nitrogen and oxygen atoms in total. The fourth-order valence-corrected chi connectivity index (χ4v) is 1.75. The van der Waals surface area contributed by atoms with Gasteiger partial charge in [0.25, 0.3) is 0 Å². The van der Waals surface area contributed by atoms with E-state index in [1.54, 1.807) is 12.1 Å². The topological polar surface area (TPSA) is 75.9 Å². The lowest BCUT2D eigenvalue weighted by atomic mass is 10.3. The Morgan fingerprint density at radius 1 is 1.05 bits per heavy atom. The summed E-state index contributed by atoms with van der Waals surface area (Å²) < 4.78 is 39.0. The van der Waals surface area contributed by atoms with Crippen molar-refractivity contribution in [3.63, 3.8) is 0 Å². The maximum atomic E-state index is 12.7. The van der Waals surface area contributed by atoms with Gasteiger partial charge in [0.05, 0.1) is 0 Å². The molecule has 9 heteroatoms. The van der Waals surface area contributed by atoms with Crippen molar-refractivity contribution in [2.45, 2.75) is 6.18 Å². The molecule has 1 aromatic carbocycles. The molecule has 0 unspecified atom stereocenters. The number of hydrazine groups is 1. The van der Waals surface area contributed by atoms with E-state index < -0.39 is 12.0 Å². The van der Waals surface area contributed by atoms with Crippen LogP contribution in [0.3, 0.4) is 0 Å². The Labute approximate surface area is 125 Å². The van der Waals surface area contributed by atoms with E-state index in [4.69, 9.17) is 5.84 Å². The maximum Gasteiger partial charge on any atom is 0.451 e. The van der Waals surface area contributed by atoms with Crippen LogP contribution in [0.2, 0.25) is 0 Å². The van der Waals surface area contributed by atoms with Gasteiger partial charge in [-0.1, -0.05) is 0 Å². The molecule has 0 bridgehead atoms. The number of benzene rings is 1. The van der Waals surface area contributed by atoms with Gasteiger partial charge in [-0.3, -0.25) is 0 Å². The first kappa shape index (κ1) is 14.8. The molecule has 0 saturated heterocycles. The Morgan fingerprint density at radius 3 is 2.20 bits per heavy atom. The number of aromatic nitrogens is 2. The summed E-state index contributed by atoms with van der Waals surface area (Å²) in [5.74, 6) is 3.72. The van der Waals surface area contributed by atoms with Gasteiger partial charge >= 0.3 is 6.18 Å². The highest BCUT2D eigenvalue weighted by molar-refractivity contribution is 14.1. The highest BCUT2D eigenvalue weighted by atomic mass is 127. The van der Waals surface area contributed by atoms with Crippen molar-refractivity contribution in [3.05, 3.63) is 39.7 Å². The number of hydrogen-bond donors (Lipinski definition) is 3. The summed E-state index contributed by atoms with van der Waals surface area (Å²) in [6.45, 7) is 0. The molecular weight excluding hydrogens is 386 g/mol. The summed E-state index contributed by atoms with van der Waals surface area (Å²) in [6.07, 6.45) is -4.64. The van der Waals surface area contributed by atoms with E-state index in [0.29, 0.717) is 5.69 Å². The lowest BCUT2D eigenvalue weighted by Crippen LogP contribution is -2.16. The number of rotatable bonds is 3. The number of nitrogens with one attached hydrogen (secondary N) is 2. The minimum atomic E-state index is -4.64. The molecule has 0 saturated carbocycles. The van der Waals surface area contributed by atoms with Gasteiger partial charge < -0.3 is 10.7 Å². The van der Waals surface area contributed by atoms with Crippen molar-refractivity contribution in [2.75, 3.05) is 10.7 Å². The Hall–Kier alpha value is -1.62. The van der Waals surface area contributed by atoms with Crippen LogP contribution in [-0.2, 0) is 6.18 Å². The predicted octanol–water partition coefficient (Wildman–Crippen LogP) is 3.13. The van der Waals surface area contributed by atoms with Gasteiger partial charge in [-0.2, -0.15) is 13.2 Å². The zero-order chi connectivity index (χ0) is 14.8. The van der Waals surface area contributed by atoms with Crippen LogP contribution in [0.25, 0.3) is 0 Å². The molecule has 106 valence electrons. The molecule has 0 amide bonds. The zero-order valence-corrected chi connectivity index (χ0v) is 12.0. The quantitative estimate of drug-likeness (QED) is 0.423. The minimum Gasteiger partial charge on any atom is -0.340 e. The lowest BCUT2D eigenvalue weighted by Gasteiger charge is -2.11. The summed E-state index contributed by atoms with van der Waals surface area (Å²) in [6, 6.07) is 8.38. The zero-order valence-electron chi connectivity index (χ0n) is 9.87. The summed E-state index contributed by atoms with van der Waals surface area (Å²) in [5.41, 5.74) is 2.69. The number of nitrogens with zero attached hydrogens (tertiary/aromatic N) is 2. The van der Waals surface area contributed by atoms with Crippen LogP contribution in [0, 0.1) is 3.57 Å². The second kappa shape index (κ2) is 5.79. The van der Waals surface area contributed by atoms with Crippen LogP contribution in [-0.4, -0.2) is 9.97 Å². The van der Waals surface area contributed by atoms with Crippen LogP contribution in [0.1, 0.15) is 5.82 Å². The molecule has 0 aliphatic rings. The van der Waals surface area contributed by atoms with Crippen molar-refractivity contribution in [2.24, 2.45) is 5.84 Å². The molecule has 2 rings (SSSR count). The molecule has 0 radical (unpaired) electrons. The minimum absolute atomic E-state index is 0.00137. The van der Waals surface area contributed by atoms with E-state index in [2.05, 4.69) is 43.3 Å². The Balaban J connectivity index is 2.33. The maximum absolute atomic E-state index is 12.7. The van der Waals surface area contributed by atoms with E-state index >= 15 is 0 Å². The van der Waals surface area contributed by atoms with Crippen LogP contribution in [0.4, 0.5) is 30.5 Å². The molecule has 4 N–H and O–H groups in total. The van der Waals surface area contributed by atoms with Crippen LogP contribution < -0.4 is 16.6 Å². The van der Waals surface area contributed by atoms with Gasteiger partial charge in [-0.05, 0) is 46.9 Å². The third kappa shape index (κ3) is 3.70. The summed E-state index contributed by atoms with van der Waals surface area (Å²) in [4.78, 5) is 6.69. The van der Waals surface area contributed by atoms with Gasteiger partial charge in [0.2, 0.25) is 5.82 Å². The SMILES string of the molecule is NNc1cc(Nc2ccc(I)cc2)nc(C(F)(F)F)n1. The van der Waals surface area contributed by atoms with Crippen molar-refractivity contribution in [3.8, 4) is 0 Å². The number of halogens is 4. The van der Waals surface area contributed by atoms with Crippen LogP contribution in [0.15, 0.2) is 30.3 Å². The van der Waals surface area contributed by atoms with Crippen molar-refractivity contribution in [1.29, 1.82) is 0 Å². The highest BCUT2D eigenvalue weighted by Gasteiger charge is 2.35. The van der Waals surface area contributed by atoms with E-state index in [0.717, 1.165) is 3.57 Å². The van der Waals surface area contributed by atoms with Gasteiger partial charge in [-0.25, -0.2) is 15.8 Å². The molecule has 0 spiro atoms. The average molecular weight is 395 g/mol. The lowest BCUT2D eigenvalue weighted by molar-refractivity contribution is -0.144. The largest absolute Gasteiger partial charge is 0.451 e.